The average Bonchev–Trinajstić information content (AvgIpc) is 2.69. The minimum absolute atomic E-state index is 0.220. The van der Waals surface area contributed by atoms with Gasteiger partial charge in [0.1, 0.15) is 0 Å². The highest BCUT2D eigenvalue weighted by Crippen LogP contribution is 2.46. The highest BCUT2D eigenvalue weighted by atomic mass is 16.5. The Kier molecular flexibility index (Phi) is 4.05. The Morgan fingerprint density at radius 1 is 1.53 bits per heavy atom. The molecule has 2 aliphatic rings. The van der Waals surface area contributed by atoms with E-state index in [-0.39, 0.29) is 11.3 Å². The van der Waals surface area contributed by atoms with Crippen LogP contribution in [-0.4, -0.2) is 44.2 Å². The lowest BCUT2D eigenvalue weighted by Crippen LogP contribution is -2.38. The Hall–Kier alpha value is -0.610. The highest BCUT2D eigenvalue weighted by Gasteiger charge is 2.48. The smallest absolute Gasteiger partial charge is 0.223 e. The fourth-order valence-corrected chi connectivity index (χ4v) is 3.58. The molecule has 1 aliphatic heterocycles. The molecule has 1 aliphatic carbocycles. The first-order valence-corrected chi connectivity index (χ1v) is 6.68. The van der Waals surface area contributed by atoms with Crippen molar-refractivity contribution in [3.8, 4) is 0 Å². The SMILES string of the molecule is COC[C@]12CCCC[C@H]1CN(C(=O)CCN)C2. The molecule has 0 spiro atoms. The predicted octanol–water partition coefficient (Wildman–Crippen LogP) is 1.00. The summed E-state index contributed by atoms with van der Waals surface area (Å²) >= 11 is 0. The van der Waals surface area contributed by atoms with Crippen molar-refractivity contribution >= 4 is 5.91 Å². The highest BCUT2D eigenvalue weighted by molar-refractivity contribution is 5.76. The number of fused-ring (bicyclic) bond motifs is 1. The molecule has 1 amide bonds. The zero-order chi connectivity index (χ0) is 12.3. The monoisotopic (exact) mass is 240 g/mol. The maximum atomic E-state index is 11.9. The minimum atomic E-state index is 0.220. The van der Waals surface area contributed by atoms with Crippen LogP contribution in [0.5, 0.6) is 0 Å². The Labute approximate surface area is 103 Å². The van der Waals surface area contributed by atoms with Gasteiger partial charge in [0.25, 0.3) is 0 Å². The number of nitrogens with zero attached hydrogens (tertiary/aromatic N) is 1. The summed E-state index contributed by atoms with van der Waals surface area (Å²) in [5, 5.41) is 0. The van der Waals surface area contributed by atoms with Crippen molar-refractivity contribution in [1.82, 2.24) is 4.90 Å². The molecule has 1 saturated carbocycles. The molecule has 0 unspecified atom stereocenters. The van der Waals surface area contributed by atoms with Gasteiger partial charge in [0, 0.05) is 38.6 Å². The molecular formula is C13H24N2O2. The largest absolute Gasteiger partial charge is 0.384 e. The number of likely N-dealkylation sites (tertiary alicyclic amines) is 1. The van der Waals surface area contributed by atoms with Crippen molar-refractivity contribution < 1.29 is 9.53 Å². The van der Waals surface area contributed by atoms with E-state index in [1.807, 2.05) is 4.90 Å². The first-order valence-electron chi connectivity index (χ1n) is 6.68. The van der Waals surface area contributed by atoms with Crippen LogP contribution in [0.4, 0.5) is 0 Å². The second-order valence-electron chi connectivity index (χ2n) is 5.55. The molecule has 4 heteroatoms. The summed E-state index contributed by atoms with van der Waals surface area (Å²) in [6.45, 7) is 3.05. The number of rotatable bonds is 4. The second kappa shape index (κ2) is 5.36. The third-order valence-corrected chi connectivity index (χ3v) is 4.43. The van der Waals surface area contributed by atoms with E-state index in [1.54, 1.807) is 7.11 Å². The molecule has 2 N–H and O–H groups in total. The Morgan fingerprint density at radius 2 is 2.35 bits per heavy atom. The van der Waals surface area contributed by atoms with Gasteiger partial charge in [-0.2, -0.15) is 0 Å². The van der Waals surface area contributed by atoms with Crippen molar-refractivity contribution in [2.24, 2.45) is 17.1 Å². The molecule has 0 aromatic carbocycles. The molecule has 0 radical (unpaired) electrons. The van der Waals surface area contributed by atoms with E-state index in [0.717, 1.165) is 19.7 Å². The fourth-order valence-electron chi connectivity index (χ4n) is 3.58. The average molecular weight is 240 g/mol. The van der Waals surface area contributed by atoms with Gasteiger partial charge in [-0.1, -0.05) is 12.8 Å². The van der Waals surface area contributed by atoms with Gasteiger partial charge in [0.15, 0.2) is 0 Å². The minimum Gasteiger partial charge on any atom is -0.384 e. The summed E-state index contributed by atoms with van der Waals surface area (Å²) in [6, 6.07) is 0. The van der Waals surface area contributed by atoms with E-state index in [2.05, 4.69) is 0 Å². The van der Waals surface area contributed by atoms with E-state index < -0.39 is 0 Å². The number of hydrogen-bond acceptors (Lipinski definition) is 3. The molecule has 17 heavy (non-hydrogen) atoms. The van der Waals surface area contributed by atoms with E-state index in [9.17, 15) is 4.79 Å². The van der Waals surface area contributed by atoms with Gasteiger partial charge >= 0.3 is 0 Å². The topological polar surface area (TPSA) is 55.6 Å². The van der Waals surface area contributed by atoms with E-state index in [0.29, 0.717) is 18.9 Å². The molecule has 2 atom stereocenters. The van der Waals surface area contributed by atoms with Crippen molar-refractivity contribution in [3.63, 3.8) is 0 Å². The molecule has 0 aromatic heterocycles. The van der Waals surface area contributed by atoms with Crippen LogP contribution in [0.1, 0.15) is 32.1 Å². The van der Waals surface area contributed by atoms with Gasteiger partial charge in [-0.05, 0) is 18.8 Å². The standard InChI is InChI=1S/C13H24N2O2/c1-17-10-13-6-3-2-4-11(13)8-15(9-13)12(16)5-7-14/h11H,2-10,14H2,1H3/t11-,13+/m0/s1. The molecule has 98 valence electrons. The maximum absolute atomic E-state index is 11.9. The summed E-state index contributed by atoms with van der Waals surface area (Å²) in [6.07, 6.45) is 5.51. The summed E-state index contributed by atoms with van der Waals surface area (Å²) in [5.41, 5.74) is 5.70. The van der Waals surface area contributed by atoms with Crippen molar-refractivity contribution in [2.75, 3.05) is 33.4 Å². The van der Waals surface area contributed by atoms with E-state index >= 15 is 0 Å². The molecule has 0 aromatic rings. The number of hydrogen-bond donors (Lipinski definition) is 1. The lowest BCUT2D eigenvalue weighted by Gasteiger charge is -2.37. The quantitative estimate of drug-likeness (QED) is 0.797. The number of ether oxygens (including phenoxy) is 1. The van der Waals surface area contributed by atoms with E-state index in [4.69, 9.17) is 10.5 Å². The summed E-state index contributed by atoms with van der Waals surface area (Å²) in [7, 11) is 1.77. The zero-order valence-electron chi connectivity index (χ0n) is 10.8. The number of carbonyl (C=O) groups excluding carboxylic acids is 1. The van der Waals surface area contributed by atoms with Crippen molar-refractivity contribution in [2.45, 2.75) is 32.1 Å². The summed E-state index contributed by atoms with van der Waals surface area (Å²) in [5.74, 6) is 0.857. The summed E-state index contributed by atoms with van der Waals surface area (Å²) in [4.78, 5) is 14.0. The summed E-state index contributed by atoms with van der Waals surface area (Å²) < 4.78 is 5.41. The third-order valence-electron chi connectivity index (χ3n) is 4.43. The van der Waals surface area contributed by atoms with Crippen molar-refractivity contribution in [1.29, 1.82) is 0 Å². The molecule has 2 rings (SSSR count). The molecule has 1 saturated heterocycles. The van der Waals surface area contributed by atoms with Crippen LogP contribution in [0, 0.1) is 11.3 Å². The van der Waals surface area contributed by atoms with Crippen molar-refractivity contribution in [3.05, 3.63) is 0 Å². The lowest BCUT2D eigenvalue weighted by atomic mass is 9.69. The van der Waals surface area contributed by atoms with Gasteiger partial charge < -0.3 is 15.4 Å². The van der Waals surface area contributed by atoms with Crippen LogP contribution >= 0.6 is 0 Å². The van der Waals surface area contributed by atoms with Crippen LogP contribution in [0.15, 0.2) is 0 Å². The number of carbonyl (C=O) groups is 1. The first-order chi connectivity index (χ1) is 8.22. The number of amides is 1. The van der Waals surface area contributed by atoms with Gasteiger partial charge in [-0.3, -0.25) is 4.79 Å². The van der Waals surface area contributed by atoms with Crippen LogP contribution in [0.25, 0.3) is 0 Å². The van der Waals surface area contributed by atoms with Gasteiger partial charge in [0.05, 0.1) is 6.61 Å². The molecular weight excluding hydrogens is 216 g/mol. The fraction of sp³-hybridized carbons (Fsp3) is 0.923. The van der Waals surface area contributed by atoms with Crippen LogP contribution < -0.4 is 5.73 Å². The Balaban J connectivity index is 2.05. The van der Waals surface area contributed by atoms with Gasteiger partial charge in [0.2, 0.25) is 5.91 Å². The Bertz CT molecular complexity index is 279. The van der Waals surface area contributed by atoms with Crippen LogP contribution in [0.2, 0.25) is 0 Å². The van der Waals surface area contributed by atoms with Crippen LogP contribution in [-0.2, 0) is 9.53 Å². The van der Waals surface area contributed by atoms with E-state index in [1.165, 1.54) is 25.7 Å². The molecule has 0 bridgehead atoms. The zero-order valence-corrected chi connectivity index (χ0v) is 10.8. The molecule has 2 fully saturated rings. The number of nitrogens with two attached hydrogens (primary N) is 1. The third kappa shape index (κ3) is 2.47. The van der Waals surface area contributed by atoms with Gasteiger partial charge in [-0.25, -0.2) is 0 Å². The first kappa shape index (κ1) is 12.8. The predicted molar refractivity (Wildman–Crippen MR) is 66.5 cm³/mol. The molecule has 1 heterocycles. The maximum Gasteiger partial charge on any atom is 0.223 e. The Morgan fingerprint density at radius 3 is 3.06 bits per heavy atom. The van der Waals surface area contributed by atoms with Gasteiger partial charge in [-0.15, -0.1) is 0 Å². The number of methoxy groups -OCH3 is 1. The molecule has 4 nitrogen and oxygen atoms in total. The second-order valence-corrected chi connectivity index (χ2v) is 5.55. The van der Waals surface area contributed by atoms with Crippen LogP contribution in [0.3, 0.4) is 0 Å². The normalized spacial score (nSPS) is 32.6. The lowest BCUT2D eigenvalue weighted by molar-refractivity contribution is -0.130.